The molecule has 3 atom stereocenters. The largest absolute Gasteiger partial charge is 0.417 e. The van der Waals surface area contributed by atoms with Gasteiger partial charge in [-0.2, -0.15) is 13.2 Å². The Morgan fingerprint density at radius 3 is 2.76 bits per heavy atom. The zero-order chi connectivity index (χ0) is 23.0. The maximum atomic E-state index is 12.8. The van der Waals surface area contributed by atoms with E-state index in [0.717, 1.165) is 55.7 Å². The molecule has 8 nitrogen and oxygen atoms in total. The summed E-state index contributed by atoms with van der Waals surface area (Å²) in [7, 11) is 1.74. The molecule has 1 N–H and O–H groups in total. The van der Waals surface area contributed by atoms with E-state index in [9.17, 15) is 13.2 Å². The highest BCUT2D eigenvalue weighted by Crippen LogP contribution is 2.37. The third-order valence-corrected chi connectivity index (χ3v) is 6.60. The molecule has 176 valence electrons. The number of nitrogens with zero attached hydrogens (tertiary/aromatic N) is 6. The van der Waals surface area contributed by atoms with Crippen molar-refractivity contribution in [3.63, 3.8) is 0 Å². The number of hydrogen-bond acceptors (Lipinski definition) is 7. The van der Waals surface area contributed by atoms with Crippen LogP contribution in [-0.2, 0) is 10.9 Å². The molecule has 1 aliphatic carbocycles. The van der Waals surface area contributed by atoms with Gasteiger partial charge in [0, 0.05) is 45.1 Å². The first-order valence-corrected chi connectivity index (χ1v) is 11.1. The predicted molar refractivity (Wildman–Crippen MR) is 117 cm³/mol. The summed E-state index contributed by atoms with van der Waals surface area (Å²) in [5, 5.41) is 3.46. The number of alkyl halides is 3. The molecule has 5 rings (SSSR count). The molecule has 2 unspecified atom stereocenters. The van der Waals surface area contributed by atoms with Crippen molar-refractivity contribution in [2.75, 3.05) is 37.0 Å². The fraction of sp³-hybridized carbons (Fsp3) is 0.545. The van der Waals surface area contributed by atoms with Crippen LogP contribution in [0.2, 0.25) is 0 Å². The third-order valence-electron chi connectivity index (χ3n) is 6.60. The van der Waals surface area contributed by atoms with Gasteiger partial charge in [-0.1, -0.05) is 0 Å². The molecule has 33 heavy (non-hydrogen) atoms. The number of nitrogens with one attached hydrogen (secondary N) is 1. The maximum Gasteiger partial charge on any atom is 0.417 e. The molecule has 0 bridgehead atoms. The molecule has 2 aliphatic rings. The average Bonchev–Trinajstić information content (AvgIpc) is 3.53. The molecule has 0 amide bonds. The Morgan fingerprint density at radius 1 is 1.12 bits per heavy atom. The zero-order valence-corrected chi connectivity index (χ0v) is 18.3. The number of aromatic nitrogens is 5. The number of anilines is 2. The molecular formula is C22H26F3N7O. The summed E-state index contributed by atoms with van der Waals surface area (Å²) in [6, 6.07) is 2.93. The first-order valence-electron chi connectivity index (χ1n) is 11.1. The van der Waals surface area contributed by atoms with Gasteiger partial charge in [0.1, 0.15) is 17.7 Å². The van der Waals surface area contributed by atoms with Crippen LogP contribution < -0.4 is 10.2 Å². The standard InChI is InChI=1S/C22H26F3N7O/c1-33-11-14-2-4-17(8-14)32-13-29-19-20(27-12-28-21(19)32)30-16-6-7-31(10-16)18-5-3-15(9-26-18)22(23,24)25/h3,5,9,12-14,16-17H,2,4,6-8,10-11H2,1H3,(H,27,28,30)/t14?,16-,17?/m0/s1. The van der Waals surface area contributed by atoms with Crippen molar-refractivity contribution in [2.24, 2.45) is 5.92 Å². The average molecular weight is 461 g/mol. The van der Waals surface area contributed by atoms with E-state index in [1.165, 1.54) is 6.07 Å². The fourth-order valence-corrected chi connectivity index (χ4v) is 4.93. The second-order valence-corrected chi connectivity index (χ2v) is 8.81. The molecule has 1 saturated heterocycles. The normalized spacial score (nSPS) is 23.5. The van der Waals surface area contributed by atoms with Crippen LogP contribution in [0.1, 0.15) is 37.3 Å². The summed E-state index contributed by atoms with van der Waals surface area (Å²) in [6.45, 7) is 2.09. The molecule has 0 spiro atoms. The van der Waals surface area contributed by atoms with Gasteiger partial charge < -0.3 is 19.5 Å². The molecule has 1 saturated carbocycles. The predicted octanol–water partition coefficient (Wildman–Crippen LogP) is 3.92. The van der Waals surface area contributed by atoms with E-state index in [0.29, 0.717) is 36.7 Å². The molecule has 1 aliphatic heterocycles. The van der Waals surface area contributed by atoms with Crippen molar-refractivity contribution >= 4 is 22.8 Å². The van der Waals surface area contributed by atoms with Gasteiger partial charge in [-0.15, -0.1) is 0 Å². The van der Waals surface area contributed by atoms with Crippen molar-refractivity contribution in [1.29, 1.82) is 0 Å². The third kappa shape index (κ3) is 4.46. The molecular weight excluding hydrogens is 435 g/mol. The van der Waals surface area contributed by atoms with E-state index in [-0.39, 0.29) is 6.04 Å². The number of halogens is 3. The summed E-state index contributed by atoms with van der Waals surface area (Å²) < 4.78 is 45.8. The van der Waals surface area contributed by atoms with Crippen LogP contribution >= 0.6 is 0 Å². The monoisotopic (exact) mass is 461 g/mol. The Morgan fingerprint density at radius 2 is 2.00 bits per heavy atom. The number of hydrogen-bond donors (Lipinski definition) is 1. The topological polar surface area (TPSA) is 81.0 Å². The smallest absolute Gasteiger partial charge is 0.384 e. The lowest BCUT2D eigenvalue weighted by Gasteiger charge is -2.19. The van der Waals surface area contributed by atoms with Gasteiger partial charge in [0.2, 0.25) is 0 Å². The summed E-state index contributed by atoms with van der Waals surface area (Å²) in [4.78, 5) is 19.5. The highest BCUT2D eigenvalue weighted by Gasteiger charge is 2.32. The lowest BCUT2D eigenvalue weighted by Crippen LogP contribution is -2.27. The van der Waals surface area contributed by atoms with E-state index < -0.39 is 11.7 Å². The van der Waals surface area contributed by atoms with Crippen molar-refractivity contribution in [3.05, 3.63) is 36.5 Å². The zero-order valence-electron chi connectivity index (χ0n) is 18.3. The number of pyridine rings is 1. The Bertz CT molecular complexity index is 1100. The highest BCUT2D eigenvalue weighted by atomic mass is 19.4. The van der Waals surface area contributed by atoms with Crippen LogP contribution in [0.5, 0.6) is 0 Å². The molecule has 11 heteroatoms. The van der Waals surface area contributed by atoms with E-state index in [1.54, 1.807) is 13.4 Å². The maximum absolute atomic E-state index is 12.8. The van der Waals surface area contributed by atoms with Gasteiger partial charge in [0.25, 0.3) is 0 Å². The second kappa shape index (κ2) is 8.77. The minimum absolute atomic E-state index is 0.0786. The van der Waals surface area contributed by atoms with Crippen LogP contribution in [0.4, 0.5) is 24.8 Å². The lowest BCUT2D eigenvalue weighted by molar-refractivity contribution is -0.137. The number of fused-ring (bicyclic) bond motifs is 1. The summed E-state index contributed by atoms with van der Waals surface area (Å²) in [5.41, 5.74) is 0.809. The molecule has 0 radical (unpaired) electrons. The van der Waals surface area contributed by atoms with Crippen molar-refractivity contribution in [3.8, 4) is 0 Å². The Hall–Kier alpha value is -2.95. The number of ether oxygens (including phenoxy) is 1. The minimum Gasteiger partial charge on any atom is -0.384 e. The SMILES string of the molecule is COCC1CCC(n2cnc3c(N[C@H]4CCN(c5ccc(C(F)(F)F)cn5)C4)ncnc32)C1. The van der Waals surface area contributed by atoms with Gasteiger partial charge in [0.15, 0.2) is 11.5 Å². The number of imidazole rings is 1. The summed E-state index contributed by atoms with van der Waals surface area (Å²) in [5.74, 6) is 1.77. The van der Waals surface area contributed by atoms with Gasteiger partial charge in [-0.05, 0) is 43.7 Å². The van der Waals surface area contributed by atoms with Crippen LogP contribution in [0, 0.1) is 5.92 Å². The van der Waals surface area contributed by atoms with E-state index in [1.807, 2.05) is 11.2 Å². The van der Waals surface area contributed by atoms with Crippen LogP contribution in [-0.4, -0.2) is 57.4 Å². The van der Waals surface area contributed by atoms with Crippen molar-refractivity contribution in [2.45, 2.75) is 43.9 Å². The van der Waals surface area contributed by atoms with Crippen LogP contribution in [0.15, 0.2) is 31.0 Å². The van der Waals surface area contributed by atoms with Crippen LogP contribution in [0.3, 0.4) is 0 Å². The summed E-state index contributed by atoms with van der Waals surface area (Å²) in [6.07, 6.45) is 3.96. The fourth-order valence-electron chi connectivity index (χ4n) is 4.93. The highest BCUT2D eigenvalue weighted by molar-refractivity contribution is 5.83. The van der Waals surface area contributed by atoms with E-state index >= 15 is 0 Å². The first kappa shape index (κ1) is 21.9. The molecule has 3 aromatic rings. The van der Waals surface area contributed by atoms with Gasteiger partial charge in [0.05, 0.1) is 11.9 Å². The van der Waals surface area contributed by atoms with Gasteiger partial charge in [-0.25, -0.2) is 19.9 Å². The molecule has 4 heterocycles. The number of methoxy groups -OCH3 is 1. The van der Waals surface area contributed by atoms with E-state index in [4.69, 9.17) is 4.74 Å². The van der Waals surface area contributed by atoms with E-state index in [2.05, 4.69) is 29.8 Å². The second-order valence-electron chi connectivity index (χ2n) is 8.81. The molecule has 3 aromatic heterocycles. The lowest BCUT2D eigenvalue weighted by atomic mass is 10.1. The van der Waals surface area contributed by atoms with Crippen LogP contribution in [0.25, 0.3) is 11.2 Å². The Balaban J connectivity index is 1.27. The van der Waals surface area contributed by atoms with Gasteiger partial charge >= 0.3 is 6.18 Å². The Labute approximate surface area is 189 Å². The summed E-state index contributed by atoms with van der Waals surface area (Å²) >= 11 is 0. The number of rotatable bonds is 6. The van der Waals surface area contributed by atoms with Crippen molar-refractivity contribution in [1.82, 2.24) is 24.5 Å². The first-order chi connectivity index (χ1) is 15.9. The van der Waals surface area contributed by atoms with Gasteiger partial charge in [-0.3, -0.25) is 0 Å². The quantitative estimate of drug-likeness (QED) is 0.596. The minimum atomic E-state index is -4.38. The van der Waals surface area contributed by atoms with Crippen molar-refractivity contribution < 1.29 is 17.9 Å². The molecule has 0 aromatic carbocycles. The molecule has 2 fully saturated rings. The Kier molecular flexibility index (Phi) is 5.81.